The van der Waals surface area contributed by atoms with Crippen molar-refractivity contribution in [2.24, 2.45) is 5.92 Å². The fourth-order valence-electron chi connectivity index (χ4n) is 3.84. The number of hydrogen-bond donors (Lipinski definition) is 0. The molecule has 1 aliphatic heterocycles. The lowest BCUT2D eigenvalue weighted by atomic mass is 9.85. The highest BCUT2D eigenvalue weighted by atomic mass is 19.3. The van der Waals surface area contributed by atoms with E-state index in [1.807, 2.05) is 24.9 Å². The van der Waals surface area contributed by atoms with Crippen LogP contribution < -0.4 is 4.90 Å². The van der Waals surface area contributed by atoms with Gasteiger partial charge in [0.25, 0.3) is 0 Å². The van der Waals surface area contributed by atoms with E-state index in [0.717, 1.165) is 24.4 Å². The summed E-state index contributed by atoms with van der Waals surface area (Å²) in [6.07, 6.45) is 3.62. The Morgan fingerprint density at radius 1 is 1.20 bits per heavy atom. The van der Waals surface area contributed by atoms with E-state index in [4.69, 9.17) is 0 Å². The Labute approximate surface area is 147 Å². The molecule has 0 aromatic carbocycles. The van der Waals surface area contributed by atoms with Gasteiger partial charge in [0.1, 0.15) is 12.1 Å². The van der Waals surface area contributed by atoms with Crippen LogP contribution in [0.15, 0.2) is 12.4 Å². The second kappa shape index (κ2) is 7.22. The number of piperidine rings is 1. The van der Waals surface area contributed by atoms with Crippen LogP contribution in [-0.2, 0) is 4.79 Å². The van der Waals surface area contributed by atoms with E-state index in [2.05, 4.69) is 14.9 Å². The average molecular weight is 352 g/mol. The predicted molar refractivity (Wildman–Crippen MR) is 91.7 cm³/mol. The molecule has 1 saturated carbocycles. The monoisotopic (exact) mass is 352 g/mol. The van der Waals surface area contributed by atoms with Crippen molar-refractivity contribution < 1.29 is 13.6 Å². The number of aromatic nitrogens is 2. The zero-order chi connectivity index (χ0) is 18.0. The van der Waals surface area contributed by atoms with Crippen LogP contribution in [0.25, 0.3) is 0 Å². The number of aryl methyl sites for hydroxylation is 1. The minimum Gasteiger partial charge on any atom is -0.356 e. The average Bonchev–Trinajstić information content (AvgIpc) is 2.61. The SMILES string of the molecule is Cc1cc(N(C)C2CCN(C(=O)C3CCC(F)(F)CC3)CC2)ncn1. The van der Waals surface area contributed by atoms with Crippen molar-refractivity contribution in [1.29, 1.82) is 0 Å². The number of alkyl halides is 2. The number of anilines is 1. The van der Waals surface area contributed by atoms with Crippen LogP contribution in [0.2, 0.25) is 0 Å². The van der Waals surface area contributed by atoms with Crippen molar-refractivity contribution in [3.8, 4) is 0 Å². The van der Waals surface area contributed by atoms with Gasteiger partial charge in [0.05, 0.1) is 0 Å². The fraction of sp³-hybridized carbons (Fsp3) is 0.722. The Bertz CT molecular complexity index is 607. The molecule has 5 nitrogen and oxygen atoms in total. The molecule has 0 atom stereocenters. The molecule has 0 bridgehead atoms. The van der Waals surface area contributed by atoms with E-state index in [0.29, 0.717) is 32.0 Å². The molecule has 1 amide bonds. The van der Waals surface area contributed by atoms with Crippen molar-refractivity contribution in [2.45, 2.75) is 57.4 Å². The van der Waals surface area contributed by atoms with Gasteiger partial charge in [0, 0.05) is 56.7 Å². The number of halogens is 2. The van der Waals surface area contributed by atoms with Gasteiger partial charge in [-0.05, 0) is 32.6 Å². The number of nitrogens with zero attached hydrogens (tertiary/aromatic N) is 4. The molecule has 2 fully saturated rings. The third kappa shape index (κ3) is 4.25. The maximum atomic E-state index is 13.3. The van der Waals surface area contributed by atoms with Gasteiger partial charge in [0.2, 0.25) is 11.8 Å². The molecule has 2 aliphatic rings. The van der Waals surface area contributed by atoms with Gasteiger partial charge in [-0.2, -0.15) is 0 Å². The summed E-state index contributed by atoms with van der Waals surface area (Å²) < 4.78 is 26.5. The largest absolute Gasteiger partial charge is 0.356 e. The van der Waals surface area contributed by atoms with Gasteiger partial charge >= 0.3 is 0 Å². The van der Waals surface area contributed by atoms with E-state index >= 15 is 0 Å². The van der Waals surface area contributed by atoms with Gasteiger partial charge in [-0.15, -0.1) is 0 Å². The number of carbonyl (C=O) groups is 1. The Morgan fingerprint density at radius 3 is 2.44 bits per heavy atom. The molecule has 25 heavy (non-hydrogen) atoms. The second-order valence-electron chi connectivity index (χ2n) is 7.32. The summed E-state index contributed by atoms with van der Waals surface area (Å²) in [7, 11) is 2.02. The van der Waals surface area contributed by atoms with Crippen LogP contribution in [0.3, 0.4) is 0 Å². The van der Waals surface area contributed by atoms with Gasteiger partial charge in [-0.25, -0.2) is 18.7 Å². The van der Waals surface area contributed by atoms with Crippen molar-refractivity contribution in [1.82, 2.24) is 14.9 Å². The van der Waals surface area contributed by atoms with Crippen molar-refractivity contribution in [3.05, 3.63) is 18.1 Å². The molecule has 7 heteroatoms. The summed E-state index contributed by atoms with van der Waals surface area (Å²) in [5, 5.41) is 0. The Kier molecular flexibility index (Phi) is 5.20. The van der Waals surface area contributed by atoms with Crippen molar-refractivity contribution in [2.75, 3.05) is 25.0 Å². The van der Waals surface area contributed by atoms with Crippen LogP contribution in [0.4, 0.5) is 14.6 Å². The molecule has 0 radical (unpaired) electrons. The minimum absolute atomic E-state index is 0.0643. The maximum absolute atomic E-state index is 13.3. The van der Waals surface area contributed by atoms with E-state index in [1.54, 1.807) is 6.33 Å². The summed E-state index contributed by atoms with van der Waals surface area (Å²) >= 11 is 0. The molecule has 138 valence electrons. The summed E-state index contributed by atoms with van der Waals surface area (Å²) in [6, 6.07) is 2.29. The lowest BCUT2D eigenvalue weighted by Crippen LogP contribution is -2.48. The third-order valence-corrected chi connectivity index (χ3v) is 5.54. The Hall–Kier alpha value is -1.79. The van der Waals surface area contributed by atoms with Crippen LogP contribution in [-0.4, -0.2) is 52.9 Å². The molecule has 1 aliphatic carbocycles. The Balaban J connectivity index is 1.52. The first-order valence-electron chi connectivity index (χ1n) is 9.04. The number of amides is 1. The number of likely N-dealkylation sites (tertiary alicyclic amines) is 1. The van der Waals surface area contributed by atoms with E-state index in [9.17, 15) is 13.6 Å². The van der Waals surface area contributed by atoms with E-state index in [-0.39, 0.29) is 24.7 Å². The van der Waals surface area contributed by atoms with Crippen LogP contribution >= 0.6 is 0 Å². The molecule has 1 aromatic rings. The van der Waals surface area contributed by atoms with E-state index in [1.165, 1.54) is 0 Å². The molecule has 0 spiro atoms. The van der Waals surface area contributed by atoms with E-state index < -0.39 is 5.92 Å². The van der Waals surface area contributed by atoms with Crippen molar-refractivity contribution in [3.63, 3.8) is 0 Å². The maximum Gasteiger partial charge on any atom is 0.248 e. The number of hydrogen-bond acceptors (Lipinski definition) is 4. The standard InChI is InChI=1S/C18H26F2N4O/c1-13-11-16(22-12-21-13)23(2)15-5-9-24(10-6-15)17(25)14-3-7-18(19,20)8-4-14/h11-12,14-15H,3-10H2,1-2H3. The summed E-state index contributed by atoms with van der Waals surface area (Å²) in [5.41, 5.74) is 0.929. The zero-order valence-electron chi connectivity index (χ0n) is 14.9. The topological polar surface area (TPSA) is 49.3 Å². The molecule has 3 rings (SSSR count). The third-order valence-electron chi connectivity index (χ3n) is 5.54. The molecule has 1 aromatic heterocycles. The van der Waals surface area contributed by atoms with Crippen molar-refractivity contribution >= 4 is 11.7 Å². The van der Waals surface area contributed by atoms with Gasteiger partial charge in [0.15, 0.2) is 0 Å². The quantitative estimate of drug-likeness (QED) is 0.839. The van der Waals surface area contributed by atoms with Crippen LogP contribution in [0.1, 0.15) is 44.2 Å². The lowest BCUT2D eigenvalue weighted by Gasteiger charge is -2.39. The summed E-state index contributed by atoms with van der Waals surface area (Å²) in [4.78, 5) is 25.1. The molecule has 2 heterocycles. The van der Waals surface area contributed by atoms with Gasteiger partial charge in [-0.1, -0.05) is 0 Å². The van der Waals surface area contributed by atoms with Crippen LogP contribution in [0.5, 0.6) is 0 Å². The summed E-state index contributed by atoms with van der Waals surface area (Å²) in [5.74, 6) is -1.85. The number of rotatable bonds is 3. The Morgan fingerprint density at radius 2 is 1.84 bits per heavy atom. The number of carbonyl (C=O) groups excluding carboxylic acids is 1. The fourth-order valence-corrected chi connectivity index (χ4v) is 3.84. The minimum atomic E-state index is -2.58. The highest BCUT2D eigenvalue weighted by molar-refractivity contribution is 5.79. The molecule has 0 unspecified atom stereocenters. The molecular formula is C18H26F2N4O. The van der Waals surface area contributed by atoms with Crippen LogP contribution in [0, 0.1) is 12.8 Å². The highest BCUT2D eigenvalue weighted by Gasteiger charge is 2.39. The lowest BCUT2D eigenvalue weighted by molar-refractivity contribution is -0.140. The molecule has 0 N–H and O–H groups in total. The molecule has 1 saturated heterocycles. The zero-order valence-corrected chi connectivity index (χ0v) is 14.9. The predicted octanol–water partition coefficient (Wildman–Crippen LogP) is 3.04. The first-order valence-corrected chi connectivity index (χ1v) is 9.04. The second-order valence-corrected chi connectivity index (χ2v) is 7.32. The first-order chi connectivity index (χ1) is 11.9. The highest BCUT2D eigenvalue weighted by Crippen LogP contribution is 2.37. The normalized spacial score (nSPS) is 22.0. The molecular weight excluding hydrogens is 326 g/mol. The van der Waals surface area contributed by atoms with Gasteiger partial charge < -0.3 is 9.80 Å². The smallest absolute Gasteiger partial charge is 0.248 e. The summed E-state index contributed by atoms with van der Waals surface area (Å²) in [6.45, 7) is 3.31. The van der Waals surface area contributed by atoms with Gasteiger partial charge in [-0.3, -0.25) is 4.79 Å². The first kappa shape index (κ1) is 18.0.